The highest BCUT2D eigenvalue weighted by atomic mass is 35.5. The van der Waals surface area contributed by atoms with Gasteiger partial charge < -0.3 is 4.90 Å². The van der Waals surface area contributed by atoms with E-state index in [9.17, 15) is 4.79 Å². The quantitative estimate of drug-likeness (QED) is 0.667. The Morgan fingerprint density at radius 2 is 1.73 bits per heavy atom. The molecule has 0 atom stereocenters. The molecule has 0 unspecified atom stereocenters. The van der Waals surface area contributed by atoms with Crippen molar-refractivity contribution in [2.75, 3.05) is 7.05 Å². The third-order valence-electron chi connectivity index (χ3n) is 4.48. The second-order valence-corrected chi connectivity index (χ2v) is 6.85. The lowest BCUT2D eigenvalue weighted by Gasteiger charge is -2.17. The maximum absolute atomic E-state index is 13.0. The molecule has 5 heteroatoms. The van der Waals surface area contributed by atoms with Crippen molar-refractivity contribution in [1.29, 1.82) is 0 Å². The van der Waals surface area contributed by atoms with Crippen LogP contribution in [0.1, 0.15) is 32.9 Å². The standard InChI is InChI=1S/C21H22ClN3O/c1-15-20(21(26)24(3)13-17-9-5-4-6-10-17)16(2)25(23-15)14-18-11-7-8-12-19(18)22/h4-12H,13-14H2,1-3H3. The summed E-state index contributed by atoms with van der Waals surface area (Å²) in [5, 5.41) is 5.27. The number of benzene rings is 2. The first kappa shape index (κ1) is 18.2. The average Bonchev–Trinajstić information content (AvgIpc) is 2.90. The lowest BCUT2D eigenvalue weighted by atomic mass is 10.1. The molecule has 1 amide bonds. The van der Waals surface area contributed by atoms with Crippen LogP contribution in [0.4, 0.5) is 0 Å². The first-order valence-corrected chi connectivity index (χ1v) is 8.92. The number of halogens is 1. The van der Waals surface area contributed by atoms with Gasteiger partial charge in [-0.25, -0.2) is 0 Å². The second kappa shape index (κ2) is 7.75. The second-order valence-electron chi connectivity index (χ2n) is 6.44. The molecule has 0 aliphatic heterocycles. The fourth-order valence-corrected chi connectivity index (χ4v) is 3.26. The van der Waals surface area contributed by atoms with Gasteiger partial charge in [0.1, 0.15) is 0 Å². The maximum Gasteiger partial charge on any atom is 0.257 e. The van der Waals surface area contributed by atoms with E-state index in [0.29, 0.717) is 23.7 Å². The van der Waals surface area contributed by atoms with Crippen molar-refractivity contribution < 1.29 is 4.79 Å². The van der Waals surface area contributed by atoms with Crippen LogP contribution in [0.5, 0.6) is 0 Å². The number of hydrogen-bond acceptors (Lipinski definition) is 2. The Labute approximate surface area is 159 Å². The van der Waals surface area contributed by atoms with Gasteiger partial charge in [0.05, 0.1) is 17.8 Å². The predicted octanol–water partition coefficient (Wildman–Crippen LogP) is 4.47. The lowest BCUT2D eigenvalue weighted by molar-refractivity contribution is 0.0783. The van der Waals surface area contributed by atoms with E-state index < -0.39 is 0 Å². The summed E-state index contributed by atoms with van der Waals surface area (Å²) in [6, 6.07) is 17.7. The van der Waals surface area contributed by atoms with Crippen LogP contribution in [-0.2, 0) is 13.1 Å². The highest BCUT2D eigenvalue weighted by Crippen LogP contribution is 2.21. The van der Waals surface area contributed by atoms with E-state index in [4.69, 9.17) is 11.6 Å². The van der Waals surface area contributed by atoms with Crippen molar-refractivity contribution in [3.63, 3.8) is 0 Å². The van der Waals surface area contributed by atoms with Crippen LogP contribution in [0, 0.1) is 13.8 Å². The Morgan fingerprint density at radius 1 is 1.08 bits per heavy atom. The summed E-state index contributed by atoms with van der Waals surface area (Å²) < 4.78 is 1.85. The molecule has 0 radical (unpaired) electrons. The minimum absolute atomic E-state index is 0.0192. The lowest BCUT2D eigenvalue weighted by Crippen LogP contribution is -2.27. The molecular weight excluding hydrogens is 346 g/mol. The zero-order valence-electron chi connectivity index (χ0n) is 15.2. The van der Waals surface area contributed by atoms with E-state index in [1.807, 2.05) is 80.2 Å². The number of amides is 1. The summed E-state index contributed by atoms with van der Waals surface area (Å²) in [6.07, 6.45) is 0. The van der Waals surface area contributed by atoms with Crippen molar-refractivity contribution in [2.24, 2.45) is 0 Å². The molecule has 3 aromatic rings. The normalized spacial score (nSPS) is 10.8. The number of rotatable bonds is 5. The number of nitrogens with zero attached hydrogens (tertiary/aromatic N) is 3. The van der Waals surface area contributed by atoms with Gasteiger partial charge in [0.25, 0.3) is 5.91 Å². The number of carbonyl (C=O) groups is 1. The average molecular weight is 368 g/mol. The Bertz CT molecular complexity index is 918. The first-order chi connectivity index (χ1) is 12.5. The van der Waals surface area contributed by atoms with Crippen molar-refractivity contribution in [3.8, 4) is 0 Å². The van der Waals surface area contributed by atoms with E-state index in [2.05, 4.69) is 5.10 Å². The fourth-order valence-electron chi connectivity index (χ4n) is 3.07. The van der Waals surface area contributed by atoms with Gasteiger partial charge in [0.15, 0.2) is 0 Å². The van der Waals surface area contributed by atoms with Gasteiger partial charge in [-0.05, 0) is 31.0 Å². The van der Waals surface area contributed by atoms with E-state index in [-0.39, 0.29) is 5.91 Å². The molecule has 3 rings (SSSR count). The Balaban J connectivity index is 1.83. The van der Waals surface area contributed by atoms with Crippen LogP contribution < -0.4 is 0 Å². The molecule has 4 nitrogen and oxygen atoms in total. The van der Waals surface area contributed by atoms with Gasteiger partial charge >= 0.3 is 0 Å². The molecule has 1 aromatic heterocycles. The molecular formula is C21H22ClN3O. The summed E-state index contributed by atoms with van der Waals surface area (Å²) in [5.41, 5.74) is 4.33. The number of aryl methyl sites for hydroxylation is 1. The predicted molar refractivity (Wildman–Crippen MR) is 104 cm³/mol. The molecule has 26 heavy (non-hydrogen) atoms. The minimum Gasteiger partial charge on any atom is -0.337 e. The van der Waals surface area contributed by atoms with Crippen LogP contribution in [0.15, 0.2) is 54.6 Å². The van der Waals surface area contributed by atoms with Crippen molar-refractivity contribution >= 4 is 17.5 Å². The first-order valence-electron chi connectivity index (χ1n) is 8.54. The molecule has 2 aromatic carbocycles. The molecule has 0 saturated heterocycles. The topological polar surface area (TPSA) is 38.1 Å². The van der Waals surface area contributed by atoms with Crippen LogP contribution in [0.3, 0.4) is 0 Å². The van der Waals surface area contributed by atoms with E-state index in [1.165, 1.54) is 0 Å². The molecule has 0 saturated carbocycles. The van der Waals surface area contributed by atoms with Crippen LogP contribution in [0.2, 0.25) is 5.02 Å². The van der Waals surface area contributed by atoms with Crippen LogP contribution in [0.25, 0.3) is 0 Å². The summed E-state index contributed by atoms with van der Waals surface area (Å²) in [6.45, 7) is 4.91. The van der Waals surface area contributed by atoms with Gasteiger partial charge in [-0.2, -0.15) is 5.10 Å². The third kappa shape index (κ3) is 3.81. The van der Waals surface area contributed by atoms with Gasteiger partial charge in [-0.15, -0.1) is 0 Å². The molecule has 1 heterocycles. The Hall–Kier alpha value is -2.59. The SMILES string of the molecule is Cc1nn(Cc2ccccc2Cl)c(C)c1C(=O)N(C)Cc1ccccc1. The third-order valence-corrected chi connectivity index (χ3v) is 4.85. The fraction of sp³-hybridized carbons (Fsp3) is 0.238. The molecule has 0 bridgehead atoms. The summed E-state index contributed by atoms with van der Waals surface area (Å²) in [7, 11) is 1.82. The van der Waals surface area contributed by atoms with E-state index in [0.717, 1.165) is 22.5 Å². The van der Waals surface area contributed by atoms with Gasteiger partial charge in [-0.3, -0.25) is 9.48 Å². The monoisotopic (exact) mass is 367 g/mol. The van der Waals surface area contributed by atoms with Crippen molar-refractivity contribution in [3.05, 3.63) is 87.7 Å². The number of carbonyl (C=O) groups excluding carboxylic acids is 1. The molecule has 0 spiro atoms. The smallest absolute Gasteiger partial charge is 0.257 e. The molecule has 0 fully saturated rings. The molecule has 0 N–H and O–H groups in total. The molecule has 0 aliphatic carbocycles. The highest BCUT2D eigenvalue weighted by Gasteiger charge is 2.22. The van der Waals surface area contributed by atoms with Gasteiger partial charge in [0, 0.05) is 24.3 Å². The maximum atomic E-state index is 13.0. The van der Waals surface area contributed by atoms with Gasteiger partial charge in [-0.1, -0.05) is 60.1 Å². The van der Waals surface area contributed by atoms with Crippen LogP contribution >= 0.6 is 11.6 Å². The van der Waals surface area contributed by atoms with Crippen molar-refractivity contribution in [1.82, 2.24) is 14.7 Å². The van der Waals surface area contributed by atoms with Crippen molar-refractivity contribution in [2.45, 2.75) is 26.9 Å². The number of hydrogen-bond donors (Lipinski definition) is 0. The summed E-state index contributed by atoms with van der Waals surface area (Å²) in [5.74, 6) is -0.0192. The molecule has 0 aliphatic rings. The van der Waals surface area contributed by atoms with E-state index in [1.54, 1.807) is 4.90 Å². The number of aromatic nitrogens is 2. The Kier molecular flexibility index (Phi) is 5.43. The van der Waals surface area contributed by atoms with E-state index >= 15 is 0 Å². The highest BCUT2D eigenvalue weighted by molar-refractivity contribution is 6.31. The van der Waals surface area contributed by atoms with Gasteiger partial charge in [0.2, 0.25) is 0 Å². The minimum atomic E-state index is -0.0192. The zero-order valence-corrected chi connectivity index (χ0v) is 16.0. The van der Waals surface area contributed by atoms with Crippen LogP contribution in [-0.4, -0.2) is 27.6 Å². The molecule has 134 valence electrons. The zero-order chi connectivity index (χ0) is 18.7. The summed E-state index contributed by atoms with van der Waals surface area (Å²) >= 11 is 6.26. The summed E-state index contributed by atoms with van der Waals surface area (Å²) in [4.78, 5) is 14.7. The largest absolute Gasteiger partial charge is 0.337 e. The Morgan fingerprint density at radius 3 is 2.42 bits per heavy atom.